The second-order valence-corrected chi connectivity index (χ2v) is 14.4. The normalized spacial score (nSPS) is 26.0. The standard InChI is InChI=1S/C36H43Cl2FN4O6/c1-41-18-29(28-5-3-4-6-33(28)41)35(45)40-32-15-30(37)22(11-31(32)38)12-34(44)43-17-24(42-16-23(39)13-25(42)19-48-2)14-26(43)20-49-27-9-7-21(8-10-27)36(46)47/h3-6,11,15,18,21,23-27H,7-10,12-14,16-17,19-20H2,1-2H3,(H,40,45)(H,46,47)/t21?,23-,24-,25-,26-,27?/m0/s1. The number of halogens is 3. The molecule has 3 fully saturated rings. The molecule has 3 heterocycles. The summed E-state index contributed by atoms with van der Waals surface area (Å²) in [6.07, 6.45) is 4.19. The molecule has 3 aliphatic rings. The zero-order chi connectivity index (χ0) is 34.8. The van der Waals surface area contributed by atoms with Crippen molar-refractivity contribution in [1.29, 1.82) is 0 Å². The Bertz CT molecular complexity index is 1700. The Kier molecular flexibility index (Phi) is 11.2. The number of ether oxygens (including phenoxy) is 2. The Morgan fingerprint density at radius 3 is 2.49 bits per heavy atom. The van der Waals surface area contributed by atoms with Crippen molar-refractivity contribution in [3.63, 3.8) is 0 Å². The van der Waals surface area contributed by atoms with E-state index in [1.165, 1.54) is 0 Å². The van der Waals surface area contributed by atoms with Gasteiger partial charge in [-0.05, 0) is 62.3 Å². The van der Waals surface area contributed by atoms with Crippen molar-refractivity contribution >= 4 is 57.6 Å². The number of carbonyl (C=O) groups is 3. The number of hydrogen-bond acceptors (Lipinski definition) is 6. The number of rotatable bonds is 11. The number of alkyl halides is 1. The molecule has 49 heavy (non-hydrogen) atoms. The highest BCUT2D eigenvalue weighted by molar-refractivity contribution is 6.36. The van der Waals surface area contributed by atoms with Crippen molar-refractivity contribution in [3.05, 3.63) is 63.8 Å². The van der Waals surface area contributed by atoms with Crippen LogP contribution in [0.2, 0.25) is 10.0 Å². The van der Waals surface area contributed by atoms with Crippen LogP contribution < -0.4 is 5.32 Å². The number of amides is 2. The number of aryl methyl sites for hydroxylation is 1. The van der Waals surface area contributed by atoms with Gasteiger partial charge in [-0.25, -0.2) is 4.39 Å². The van der Waals surface area contributed by atoms with Gasteiger partial charge in [0.25, 0.3) is 5.91 Å². The quantitative estimate of drug-likeness (QED) is 0.252. The number of aliphatic carboxylic acids is 1. The first kappa shape index (κ1) is 35.6. The summed E-state index contributed by atoms with van der Waals surface area (Å²) in [4.78, 5) is 42.6. The summed E-state index contributed by atoms with van der Waals surface area (Å²) in [7, 11) is 3.49. The van der Waals surface area contributed by atoms with E-state index < -0.39 is 12.1 Å². The number of fused-ring (bicyclic) bond motifs is 1. The van der Waals surface area contributed by atoms with Crippen LogP contribution in [-0.4, -0.2) is 101 Å². The molecule has 2 aliphatic heterocycles. The van der Waals surface area contributed by atoms with Gasteiger partial charge < -0.3 is 29.4 Å². The third kappa shape index (κ3) is 7.91. The lowest BCUT2D eigenvalue weighted by Crippen LogP contribution is -2.44. The van der Waals surface area contributed by atoms with E-state index in [-0.39, 0.29) is 53.4 Å². The minimum absolute atomic E-state index is 0.0176. The fourth-order valence-corrected chi connectivity index (χ4v) is 8.27. The third-order valence-corrected chi connectivity index (χ3v) is 11.0. The van der Waals surface area contributed by atoms with Crippen LogP contribution >= 0.6 is 23.2 Å². The summed E-state index contributed by atoms with van der Waals surface area (Å²) in [6, 6.07) is 10.4. The van der Waals surface area contributed by atoms with Gasteiger partial charge in [0, 0.05) is 61.5 Å². The van der Waals surface area contributed by atoms with Crippen LogP contribution in [0.25, 0.3) is 10.9 Å². The molecule has 3 aromatic rings. The van der Waals surface area contributed by atoms with Crippen molar-refractivity contribution in [2.75, 3.05) is 38.7 Å². The molecule has 2 aromatic carbocycles. The number of aromatic nitrogens is 1. The number of para-hydroxylation sites is 1. The highest BCUT2D eigenvalue weighted by Gasteiger charge is 2.44. The van der Waals surface area contributed by atoms with E-state index >= 15 is 0 Å². The number of anilines is 1. The van der Waals surface area contributed by atoms with Crippen LogP contribution in [0.15, 0.2) is 42.6 Å². The highest BCUT2D eigenvalue weighted by Crippen LogP contribution is 2.35. The number of benzene rings is 2. The summed E-state index contributed by atoms with van der Waals surface area (Å²) in [5.74, 6) is -1.60. The second kappa shape index (κ2) is 15.3. The Morgan fingerprint density at radius 2 is 1.76 bits per heavy atom. The second-order valence-electron chi connectivity index (χ2n) is 13.6. The SMILES string of the molecule is COC[C@@H]1C[C@H](F)CN1[C@H]1C[C@@H](COC2CCC(C(=O)O)CC2)N(C(=O)Cc2cc(Cl)c(NC(=O)c3cn(C)c4ccccc34)cc2Cl)C1. The molecule has 1 aliphatic carbocycles. The van der Waals surface area contributed by atoms with Gasteiger partial charge in [0.15, 0.2) is 0 Å². The van der Waals surface area contributed by atoms with Gasteiger partial charge in [-0.15, -0.1) is 0 Å². The lowest BCUT2D eigenvalue weighted by Gasteiger charge is -2.30. The van der Waals surface area contributed by atoms with Gasteiger partial charge in [0.1, 0.15) is 6.17 Å². The summed E-state index contributed by atoms with van der Waals surface area (Å²) < 4.78 is 28.2. The topological polar surface area (TPSA) is 113 Å². The summed E-state index contributed by atoms with van der Waals surface area (Å²) in [5.41, 5.74) is 2.29. The maximum atomic E-state index is 14.6. The Morgan fingerprint density at radius 1 is 1.00 bits per heavy atom. The van der Waals surface area contributed by atoms with E-state index in [0.29, 0.717) is 86.7 Å². The predicted octanol–water partition coefficient (Wildman–Crippen LogP) is 5.97. The molecule has 0 bridgehead atoms. The van der Waals surface area contributed by atoms with Gasteiger partial charge in [-0.2, -0.15) is 0 Å². The molecular formula is C36H43Cl2FN4O6. The van der Waals surface area contributed by atoms with E-state index in [1.807, 2.05) is 40.8 Å². The number of carbonyl (C=O) groups excluding carboxylic acids is 2. The maximum absolute atomic E-state index is 14.6. The molecule has 1 saturated carbocycles. The smallest absolute Gasteiger partial charge is 0.306 e. The zero-order valence-electron chi connectivity index (χ0n) is 27.7. The van der Waals surface area contributed by atoms with E-state index in [9.17, 15) is 23.9 Å². The monoisotopic (exact) mass is 716 g/mol. The van der Waals surface area contributed by atoms with Crippen molar-refractivity contribution in [2.24, 2.45) is 13.0 Å². The zero-order valence-corrected chi connectivity index (χ0v) is 29.3. The predicted molar refractivity (Wildman–Crippen MR) is 186 cm³/mol. The number of carboxylic acid groups (broad SMARTS) is 1. The van der Waals surface area contributed by atoms with Gasteiger partial charge >= 0.3 is 5.97 Å². The van der Waals surface area contributed by atoms with Gasteiger partial charge in [0.2, 0.25) is 5.91 Å². The molecular weight excluding hydrogens is 674 g/mol. The Labute approximate surface area is 295 Å². The minimum atomic E-state index is -0.954. The van der Waals surface area contributed by atoms with E-state index in [0.717, 1.165) is 10.9 Å². The number of nitrogens with one attached hydrogen (secondary N) is 1. The van der Waals surface area contributed by atoms with Gasteiger partial charge in [0.05, 0.1) is 54.0 Å². The minimum Gasteiger partial charge on any atom is -0.481 e. The van der Waals surface area contributed by atoms with Gasteiger partial charge in [-0.3, -0.25) is 19.3 Å². The largest absolute Gasteiger partial charge is 0.481 e. The molecule has 0 spiro atoms. The van der Waals surface area contributed by atoms with Crippen LogP contribution in [0.1, 0.15) is 54.4 Å². The molecule has 0 unspecified atom stereocenters. The molecule has 2 saturated heterocycles. The van der Waals surface area contributed by atoms with Crippen molar-refractivity contribution in [2.45, 2.75) is 75.3 Å². The van der Waals surface area contributed by atoms with Crippen molar-refractivity contribution in [3.8, 4) is 0 Å². The number of methoxy groups -OCH3 is 1. The number of nitrogens with zero attached hydrogens (tertiary/aromatic N) is 3. The summed E-state index contributed by atoms with van der Waals surface area (Å²) in [6.45, 7) is 1.42. The lowest BCUT2D eigenvalue weighted by atomic mass is 9.87. The molecule has 10 nitrogen and oxygen atoms in total. The van der Waals surface area contributed by atoms with Crippen LogP contribution in [0, 0.1) is 5.92 Å². The molecule has 0 radical (unpaired) electrons. The lowest BCUT2D eigenvalue weighted by molar-refractivity contribution is -0.144. The third-order valence-electron chi connectivity index (χ3n) is 10.4. The molecule has 13 heteroatoms. The molecule has 1 aromatic heterocycles. The first-order valence-corrected chi connectivity index (χ1v) is 17.6. The van der Waals surface area contributed by atoms with E-state index in [4.69, 9.17) is 32.7 Å². The van der Waals surface area contributed by atoms with Crippen LogP contribution in [0.5, 0.6) is 0 Å². The molecule has 6 rings (SSSR count). The average Bonchev–Trinajstić information content (AvgIpc) is 3.77. The van der Waals surface area contributed by atoms with Crippen LogP contribution in [0.3, 0.4) is 0 Å². The van der Waals surface area contributed by atoms with Crippen molar-refractivity contribution in [1.82, 2.24) is 14.4 Å². The molecule has 264 valence electrons. The van der Waals surface area contributed by atoms with Crippen molar-refractivity contribution < 1.29 is 33.4 Å². The fourth-order valence-electron chi connectivity index (χ4n) is 7.80. The fraction of sp³-hybridized carbons (Fsp3) is 0.528. The maximum Gasteiger partial charge on any atom is 0.306 e. The van der Waals surface area contributed by atoms with Crippen LogP contribution in [0.4, 0.5) is 10.1 Å². The molecule has 4 atom stereocenters. The Hall–Kier alpha value is -3.22. The summed E-state index contributed by atoms with van der Waals surface area (Å²) in [5, 5.41) is 13.6. The first-order chi connectivity index (χ1) is 23.5. The average molecular weight is 718 g/mol. The summed E-state index contributed by atoms with van der Waals surface area (Å²) >= 11 is 13.3. The Balaban J connectivity index is 1.15. The number of hydrogen-bond donors (Lipinski definition) is 2. The number of likely N-dealkylation sites (tertiary alicyclic amines) is 2. The first-order valence-electron chi connectivity index (χ1n) is 16.9. The molecule has 2 N–H and O–H groups in total. The van der Waals surface area contributed by atoms with Crippen LogP contribution in [-0.2, 0) is 32.5 Å². The van der Waals surface area contributed by atoms with E-state index in [1.54, 1.807) is 25.4 Å². The van der Waals surface area contributed by atoms with Gasteiger partial charge in [-0.1, -0.05) is 41.4 Å². The number of carboxylic acids is 1. The highest BCUT2D eigenvalue weighted by atomic mass is 35.5. The van der Waals surface area contributed by atoms with E-state index in [2.05, 4.69) is 10.2 Å². The molecule has 2 amide bonds.